The standard InChI is InChI=1S/C56H98O6/c1-4-7-10-13-16-19-22-25-28-31-34-37-40-43-46-49-55(58)61-52-53(51-60-54(57)48-45-42-39-36-33-30-27-24-21-18-15-12-9-6-3)62-56(59)50-47-44-41-38-35-32-29-26-23-20-17-14-11-8-5-2/h7,10,16,19,25-26,28-29,34,37,53H,4-6,8-9,11-15,17-18,20-24,27,30-33,35-36,38-52H2,1-3H3/b10-7-,19-16-,28-25-,29-26-,37-34-. The number of carbonyl (C=O) groups is 3. The van der Waals surface area contributed by atoms with Crippen molar-refractivity contribution >= 4 is 17.9 Å². The molecule has 0 N–H and O–H groups in total. The Morgan fingerprint density at radius 3 is 1.03 bits per heavy atom. The van der Waals surface area contributed by atoms with Crippen LogP contribution in [-0.2, 0) is 28.6 Å². The van der Waals surface area contributed by atoms with E-state index in [1.807, 2.05) is 0 Å². The van der Waals surface area contributed by atoms with Gasteiger partial charge in [0.1, 0.15) is 13.2 Å². The van der Waals surface area contributed by atoms with Crippen LogP contribution in [0.5, 0.6) is 0 Å². The fraction of sp³-hybridized carbons (Fsp3) is 0.768. The molecule has 0 saturated carbocycles. The van der Waals surface area contributed by atoms with Crippen molar-refractivity contribution in [2.45, 2.75) is 264 Å². The zero-order valence-corrected chi connectivity index (χ0v) is 40.9. The molecule has 0 fully saturated rings. The quantitative estimate of drug-likeness (QED) is 0.0262. The van der Waals surface area contributed by atoms with E-state index in [2.05, 4.69) is 81.5 Å². The second kappa shape index (κ2) is 50.8. The Bertz CT molecular complexity index is 1130. The van der Waals surface area contributed by atoms with Gasteiger partial charge in [0.25, 0.3) is 0 Å². The van der Waals surface area contributed by atoms with E-state index in [0.717, 1.165) is 96.3 Å². The van der Waals surface area contributed by atoms with Crippen LogP contribution in [0.2, 0.25) is 0 Å². The van der Waals surface area contributed by atoms with E-state index in [1.165, 1.54) is 122 Å². The van der Waals surface area contributed by atoms with Crippen LogP contribution >= 0.6 is 0 Å². The van der Waals surface area contributed by atoms with Crippen LogP contribution in [0.15, 0.2) is 60.8 Å². The van der Waals surface area contributed by atoms with Gasteiger partial charge in [0.05, 0.1) is 0 Å². The molecule has 1 unspecified atom stereocenters. The molecule has 0 radical (unpaired) electrons. The number of hydrogen-bond donors (Lipinski definition) is 0. The van der Waals surface area contributed by atoms with E-state index in [0.29, 0.717) is 19.3 Å². The van der Waals surface area contributed by atoms with Gasteiger partial charge >= 0.3 is 17.9 Å². The number of esters is 3. The summed E-state index contributed by atoms with van der Waals surface area (Å²) < 4.78 is 16.8. The summed E-state index contributed by atoms with van der Waals surface area (Å²) in [4.78, 5) is 38.0. The molecule has 0 spiro atoms. The van der Waals surface area contributed by atoms with Gasteiger partial charge in [-0.25, -0.2) is 0 Å². The molecule has 0 bridgehead atoms. The minimum atomic E-state index is -0.792. The molecule has 0 aromatic carbocycles. The number of hydrogen-bond acceptors (Lipinski definition) is 6. The van der Waals surface area contributed by atoms with Gasteiger partial charge in [-0.3, -0.25) is 14.4 Å². The van der Waals surface area contributed by atoms with E-state index >= 15 is 0 Å². The van der Waals surface area contributed by atoms with E-state index in [4.69, 9.17) is 14.2 Å². The summed E-state index contributed by atoms with van der Waals surface area (Å²) in [5.41, 5.74) is 0. The van der Waals surface area contributed by atoms with Crippen molar-refractivity contribution in [2.75, 3.05) is 13.2 Å². The maximum atomic E-state index is 12.8. The number of allylic oxidation sites excluding steroid dienone is 10. The lowest BCUT2D eigenvalue weighted by molar-refractivity contribution is -0.167. The van der Waals surface area contributed by atoms with Gasteiger partial charge in [-0.1, -0.05) is 216 Å². The second-order valence-electron chi connectivity index (χ2n) is 17.4. The topological polar surface area (TPSA) is 78.9 Å². The molecule has 1 atom stereocenters. The normalized spacial score (nSPS) is 12.5. The predicted molar refractivity (Wildman–Crippen MR) is 265 cm³/mol. The largest absolute Gasteiger partial charge is 0.462 e. The summed E-state index contributed by atoms with van der Waals surface area (Å²) in [6.07, 6.45) is 62.0. The molecule has 0 aromatic heterocycles. The molecule has 6 nitrogen and oxygen atoms in total. The van der Waals surface area contributed by atoms with Gasteiger partial charge in [-0.2, -0.15) is 0 Å². The number of unbranched alkanes of at least 4 members (excludes halogenated alkanes) is 26. The van der Waals surface area contributed by atoms with Crippen LogP contribution in [0.3, 0.4) is 0 Å². The van der Waals surface area contributed by atoms with E-state index in [-0.39, 0.29) is 31.1 Å². The van der Waals surface area contributed by atoms with Crippen LogP contribution < -0.4 is 0 Å². The highest BCUT2D eigenvalue weighted by molar-refractivity contribution is 5.71. The summed E-state index contributed by atoms with van der Waals surface area (Å²) in [5.74, 6) is -0.934. The third-order valence-corrected chi connectivity index (χ3v) is 11.3. The van der Waals surface area contributed by atoms with Crippen molar-refractivity contribution in [3.8, 4) is 0 Å². The molecule has 0 heterocycles. The highest BCUT2D eigenvalue weighted by atomic mass is 16.6. The smallest absolute Gasteiger partial charge is 0.306 e. The first kappa shape index (κ1) is 59.1. The second-order valence-corrected chi connectivity index (χ2v) is 17.4. The Kier molecular flexibility index (Phi) is 48.4. The first-order valence-corrected chi connectivity index (χ1v) is 26.3. The molecule has 6 heteroatoms. The number of rotatable bonds is 47. The molecule has 0 rings (SSSR count). The minimum absolute atomic E-state index is 0.0886. The molecule has 0 aliphatic carbocycles. The van der Waals surface area contributed by atoms with Crippen LogP contribution in [-0.4, -0.2) is 37.2 Å². The third kappa shape index (κ3) is 48.1. The average Bonchev–Trinajstić information content (AvgIpc) is 3.27. The number of ether oxygens (including phenoxy) is 3. The van der Waals surface area contributed by atoms with Crippen molar-refractivity contribution in [2.24, 2.45) is 0 Å². The monoisotopic (exact) mass is 867 g/mol. The Morgan fingerprint density at radius 1 is 0.339 bits per heavy atom. The molecule has 0 saturated heterocycles. The van der Waals surface area contributed by atoms with Gasteiger partial charge in [0.2, 0.25) is 0 Å². The summed E-state index contributed by atoms with van der Waals surface area (Å²) in [5, 5.41) is 0. The molecule has 0 amide bonds. The lowest BCUT2D eigenvalue weighted by Crippen LogP contribution is -2.30. The van der Waals surface area contributed by atoms with E-state index in [1.54, 1.807) is 0 Å². The fourth-order valence-electron chi connectivity index (χ4n) is 7.31. The average molecular weight is 867 g/mol. The lowest BCUT2D eigenvalue weighted by Gasteiger charge is -2.18. The molecule has 358 valence electrons. The van der Waals surface area contributed by atoms with Gasteiger partial charge in [0.15, 0.2) is 6.10 Å². The molecule has 0 aliphatic rings. The van der Waals surface area contributed by atoms with Crippen molar-refractivity contribution < 1.29 is 28.6 Å². The van der Waals surface area contributed by atoms with Crippen molar-refractivity contribution in [3.63, 3.8) is 0 Å². The highest BCUT2D eigenvalue weighted by Gasteiger charge is 2.19. The highest BCUT2D eigenvalue weighted by Crippen LogP contribution is 2.15. The maximum absolute atomic E-state index is 12.8. The van der Waals surface area contributed by atoms with Crippen LogP contribution in [0.4, 0.5) is 0 Å². The molecular weight excluding hydrogens is 769 g/mol. The van der Waals surface area contributed by atoms with Crippen LogP contribution in [0.1, 0.15) is 258 Å². The van der Waals surface area contributed by atoms with Crippen molar-refractivity contribution in [1.82, 2.24) is 0 Å². The van der Waals surface area contributed by atoms with Crippen LogP contribution in [0.25, 0.3) is 0 Å². The molecule has 62 heavy (non-hydrogen) atoms. The van der Waals surface area contributed by atoms with Gasteiger partial charge in [-0.15, -0.1) is 0 Å². The summed E-state index contributed by atoms with van der Waals surface area (Å²) >= 11 is 0. The molecule has 0 aromatic rings. The number of carbonyl (C=O) groups excluding carboxylic acids is 3. The Hall–Kier alpha value is -2.89. The fourth-order valence-corrected chi connectivity index (χ4v) is 7.31. The first-order chi connectivity index (χ1) is 30.5. The lowest BCUT2D eigenvalue weighted by atomic mass is 10.0. The zero-order valence-electron chi connectivity index (χ0n) is 40.9. The van der Waals surface area contributed by atoms with Gasteiger partial charge < -0.3 is 14.2 Å². The Morgan fingerprint density at radius 2 is 0.629 bits per heavy atom. The van der Waals surface area contributed by atoms with E-state index in [9.17, 15) is 14.4 Å². The molecule has 0 aliphatic heterocycles. The Balaban J connectivity index is 4.44. The third-order valence-electron chi connectivity index (χ3n) is 11.3. The van der Waals surface area contributed by atoms with Crippen molar-refractivity contribution in [1.29, 1.82) is 0 Å². The first-order valence-electron chi connectivity index (χ1n) is 26.3. The summed E-state index contributed by atoms with van der Waals surface area (Å²) in [6.45, 7) is 6.49. The SMILES string of the molecule is CC/C=C\C/C=C\C/C=C\C/C=C\CCCCC(=O)OCC(COC(=O)CCCCCCCCCCCCCCCC)OC(=O)CCCCCCC/C=C\CCCCCCCC. The van der Waals surface area contributed by atoms with Gasteiger partial charge in [-0.05, 0) is 83.5 Å². The minimum Gasteiger partial charge on any atom is -0.462 e. The summed E-state index contributed by atoms with van der Waals surface area (Å²) in [6, 6.07) is 0. The maximum Gasteiger partial charge on any atom is 0.306 e. The predicted octanol–water partition coefficient (Wildman–Crippen LogP) is 17.3. The molecular formula is C56H98O6. The van der Waals surface area contributed by atoms with Crippen LogP contribution in [0, 0.1) is 0 Å². The van der Waals surface area contributed by atoms with Gasteiger partial charge in [0, 0.05) is 19.3 Å². The Labute approximate surface area is 383 Å². The zero-order chi connectivity index (χ0) is 45.1. The van der Waals surface area contributed by atoms with E-state index < -0.39 is 6.10 Å². The van der Waals surface area contributed by atoms with Crippen molar-refractivity contribution in [3.05, 3.63) is 60.8 Å². The summed E-state index contributed by atoms with van der Waals surface area (Å²) in [7, 11) is 0.